The maximum Gasteiger partial charge on any atom is 0.0231 e. The van der Waals surface area contributed by atoms with Crippen LogP contribution in [0.25, 0.3) is 0 Å². The van der Waals surface area contributed by atoms with Gasteiger partial charge in [0.1, 0.15) is 0 Å². The first kappa shape index (κ1) is 15.5. The summed E-state index contributed by atoms with van der Waals surface area (Å²) in [6.07, 6.45) is 8.11. The molecule has 1 saturated carbocycles. The van der Waals surface area contributed by atoms with Crippen molar-refractivity contribution in [3.63, 3.8) is 0 Å². The molecule has 2 heteroatoms. The molecule has 0 radical (unpaired) electrons. The molecule has 112 valence electrons. The summed E-state index contributed by atoms with van der Waals surface area (Å²) < 4.78 is 0. The van der Waals surface area contributed by atoms with Crippen LogP contribution in [0.5, 0.6) is 0 Å². The first-order chi connectivity index (χ1) is 9.63. The molecule has 0 spiro atoms. The van der Waals surface area contributed by atoms with E-state index in [1.165, 1.54) is 49.7 Å². The van der Waals surface area contributed by atoms with E-state index in [9.17, 15) is 0 Å². The number of benzene rings is 1. The molecular weight excluding hydrogens is 244 g/mol. The molecule has 2 rings (SSSR count). The Morgan fingerprint density at radius 1 is 1.15 bits per heavy atom. The largest absolute Gasteiger partial charge is 0.330 e. The monoisotopic (exact) mass is 274 g/mol. The molecule has 0 unspecified atom stereocenters. The van der Waals surface area contributed by atoms with Gasteiger partial charge in [0.2, 0.25) is 0 Å². The van der Waals surface area contributed by atoms with Crippen LogP contribution < -0.4 is 5.73 Å². The molecule has 0 heterocycles. The molecule has 0 bridgehead atoms. The molecule has 0 aliphatic heterocycles. The summed E-state index contributed by atoms with van der Waals surface area (Å²) in [4.78, 5) is 2.47. The van der Waals surface area contributed by atoms with Crippen molar-refractivity contribution in [2.75, 3.05) is 20.1 Å². The van der Waals surface area contributed by atoms with E-state index in [1.807, 2.05) is 0 Å². The van der Waals surface area contributed by atoms with Gasteiger partial charge in [-0.3, -0.25) is 0 Å². The molecule has 0 amide bonds. The lowest BCUT2D eigenvalue weighted by atomic mass is 9.80. The summed E-state index contributed by atoms with van der Waals surface area (Å²) in [5.74, 6) is 0. The summed E-state index contributed by atoms with van der Waals surface area (Å²) in [7, 11) is 2.24. The number of nitrogens with two attached hydrogens (primary N) is 1. The van der Waals surface area contributed by atoms with Gasteiger partial charge in [0, 0.05) is 13.1 Å². The fourth-order valence-electron chi connectivity index (χ4n) is 3.66. The lowest BCUT2D eigenvalue weighted by Gasteiger charge is -2.35. The van der Waals surface area contributed by atoms with Gasteiger partial charge in [0.15, 0.2) is 0 Å². The van der Waals surface area contributed by atoms with E-state index in [1.54, 1.807) is 0 Å². The van der Waals surface area contributed by atoms with Crippen molar-refractivity contribution in [3.8, 4) is 0 Å². The standard InChI is InChI=1S/C18H30N2/c1-16-8-7-9-17(12-16)13-20(2)15-18(14-19)10-5-3-4-6-11-18/h7-9,12H,3-6,10-11,13-15,19H2,1-2H3. The smallest absolute Gasteiger partial charge is 0.0231 e. The Labute approximate surface area is 124 Å². The highest BCUT2D eigenvalue weighted by Gasteiger charge is 2.30. The fourth-order valence-corrected chi connectivity index (χ4v) is 3.66. The second-order valence-electron chi connectivity index (χ2n) is 6.78. The first-order valence-corrected chi connectivity index (χ1v) is 8.08. The van der Waals surface area contributed by atoms with Crippen molar-refractivity contribution in [2.45, 2.75) is 52.0 Å². The summed E-state index contributed by atoms with van der Waals surface area (Å²) in [5, 5.41) is 0. The Morgan fingerprint density at radius 3 is 2.45 bits per heavy atom. The maximum atomic E-state index is 6.15. The van der Waals surface area contributed by atoms with Gasteiger partial charge in [0.05, 0.1) is 0 Å². The van der Waals surface area contributed by atoms with Crippen LogP contribution in [0.2, 0.25) is 0 Å². The third-order valence-electron chi connectivity index (χ3n) is 4.74. The molecule has 2 nitrogen and oxygen atoms in total. The lowest BCUT2D eigenvalue weighted by molar-refractivity contribution is 0.153. The molecule has 1 aliphatic carbocycles. The van der Waals surface area contributed by atoms with Crippen molar-refractivity contribution in [2.24, 2.45) is 11.1 Å². The maximum absolute atomic E-state index is 6.15. The van der Waals surface area contributed by atoms with Crippen LogP contribution in [0.15, 0.2) is 24.3 Å². The second-order valence-corrected chi connectivity index (χ2v) is 6.78. The average molecular weight is 274 g/mol. The van der Waals surface area contributed by atoms with Gasteiger partial charge in [-0.2, -0.15) is 0 Å². The van der Waals surface area contributed by atoms with Crippen LogP contribution >= 0.6 is 0 Å². The van der Waals surface area contributed by atoms with Crippen LogP contribution in [0.4, 0.5) is 0 Å². The van der Waals surface area contributed by atoms with Gasteiger partial charge < -0.3 is 10.6 Å². The zero-order chi connectivity index (χ0) is 14.4. The zero-order valence-electron chi connectivity index (χ0n) is 13.2. The van der Waals surface area contributed by atoms with Crippen LogP contribution in [0.3, 0.4) is 0 Å². The van der Waals surface area contributed by atoms with Crippen molar-refractivity contribution < 1.29 is 0 Å². The van der Waals surface area contributed by atoms with E-state index in [4.69, 9.17) is 5.73 Å². The molecule has 1 aromatic carbocycles. The number of nitrogens with zero attached hydrogens (tertiary/aromatic N) is 1. The highest BCUT2D eigenvalue weighted by atomic mass is 15.1. The van der Waals surface area contributed by atoms with Crippen molar-refractivity contribution in [1.29, 1.82) is 0 Å². The summed E-state index contributed by atoms with van der Waals surface area (Å²) >= 11 is 0. The van der Waals surface area contributed by atoms with Crippen molar-refractivity contribution >= 4 is 0 Å². The normalized spacial score (nSPS) is 19.0. The van der Waals surface area contributed by atoms with Gasteiger partial charge in [0.25, 0.3) is 0 Å². The molecular formula is C18H30N2. The average Bonchev–Trinajstić information content (AvgIpc) is 2.65. The van der Waals surface area contributed by atoms with E-state index >= 15 is 0 Å². The number of rotatable bonds is 5. The highest BCUT2D eigenvalue weighted by Crippen LogP contribution is 2.35. The van der Waals surface area contributed by atoms with Crippen LogP contribution in [0, 0.1) is 12.3 Å². The Kier molecular flexibility index (Phi) is 5.62. The van der Waals surface area contributed by atoms with E-state index in [2.05, 4.69) is 43.1 Å². The van der Waals surface area contributed by atoms with Gasteiger partial charge in [-0.25, -0.2) is 0 Å². The van der Waals surface area contributed by atoms with E-state index < -0.39 is 0 Å². The van der Waals surface area contributed by atoms with Crippen molar-refractivity contribution in [3.05, 3.63) is 35.4 Å². The zero-order valence-corrected chi connectivity index (χ0v) is 13.2. The minimum atomic E-state index is 0.356. The van der Waals surface area contributed by atoms with Crippen molar-refractivity contribution in [1.82, 2.24) is 4.90 Å². The Morgan fingerprint density at radius 2 is 1.85 bits per heavy atom. The van der Waals surface area contributed by atoms with Gasteiger partial charge in [-0.05, 0) is 44.3 Å². The third-order valence-corrected chi connectivity index (χ3v) is 4.74. The predicted octanol–water partition coefficient (Wildman–Crippen LogP) is 3.73. The number of hydrogen-bond acceptors (Lipinski definition) is 2. The molecule has 1 fully saturated rings. The minimum Gasteiger partial charge on any atom is -0.330 e. The molecule has 0 atom stereocenters. The number of aryl methyl sites for hydroxylation is 1. The molecule has 1 aromatic rings. The Hall–Kier alpha value is -0.860. The predicted molar refractivity (Wildman–Crippen MR) is 86.7 cm³/mol. The number of hydrogen-bond donors (Lipinski definition) is 1. The van der Waals surface area contributed by atoms with E-state index in [0.29, 0.717) is 5.41 Å². The topological polar surface area (TPSA) is 29.3 Å². The Balaban J connectivity index is 1.96. The quantitative estimate of drug-likeness (QED) is 0.829. The van der Waals surface area contributed by atoms with E-state index in [0.717, 1.165) is 19.6 Å². The molecule has 1 aliphatic rings. The van der Waals surface area contributed by atoms with Gasteiger partial charge in [-0.1, -0.05) is 55.5 Å². The highest BCUT2D eigenvalue weighted by molar-refractivity contribution is 5.22. The molecule has 0 saturated heterocycles. The second kappa shape index (κ2) is 7.24. The summed E-state index contributed by atoms with van der Waals surface area (Å²) in [6, 6.07) is 8.84. The molecule has 20 heavy (non-hydrogen) atoms. The molecule has 2 N–H and O–H groups in total. The lowest BCUT2D eigenvalue weighted by Crippen LogP contribution is -2.40. The molecule has 0 aromatic heterocycles. The Bertz CT molecular complexity index is 406. The van der Waals surface area contributed by atoms with Crippen LogP contribution in [0.1, 0.15) is 49.7 Å². The fraction of sp³-hybridized carbons (Fsp3) is 0.667. The summed E-state index contributed by atoms with van der Waals surface area (Å²) in [6.45, 7) is 5.17. The van der Waals surface area contributed by atoms with Crippen LogP contribution in [-0.2, 0) is 6.54 Å². The third kappa shape index (κ3) is 4.32. The first-order valence-electron chi connectivity index (χ1n) is 8.08. The van der Waals surface area contributed by atoms with Gasteiger partial charge >= 0.3 is 0 Å². The van der Waals surface area contributed by atoms with Crippen LogP contribution in [-0.4, -0.2) is 25.0 Å². The SMILES string of the molecule is Cc1cccc(CN(C)CC2(CN)CCCCCC2)c1. The van der Waals surface area contributed by atoms with E-state index in [-0.39, 0.29) is 0 Å². The van der Waals surface area contributed by atoms with Gasteiger partial charge in [-0.15, -0.1) is 0 Å². The summed E-state index contributed by atoms with van der Waals surface area (Å²) in [5.41, 5.74) is 9.26. The minimum absolute atomic E-state index is 0.356.